The quantitative estimate of drug-likeness (QED) is 0.491. The van der Waals surface area contributed by atoms with Crippen molar-refractivity contribution in [1.29, 1.82) is 0 Å². The van der Waals surface area contributed by atoms with Gasteiger partial charge in [0.15, 0.2) is 10.4 Å². The Hall–Kier alpha value is -0.0400. The van der Waals surface area contributed by atoms with E-state index in [-0.39, 0.29) is 5.91 Å². The first kappa shape index (κ1) is 12.0. The number of alkyl halides is 1. The van der Waals surface area contributed by atoms with Crippen LogP contribution in [-0.4, -0.2) is 16.9 Å². The number of halogens is 2. The molecule has 0 aromatic carbocycles. The first-order valence-corrected chi connectivity index (χ1v) is 6.65. The normalized spacial score (nSPS) is 10.1. The topological polar surface area (TPSA) is 42.2 Å². The van der Waals surface area contributed by atoms with Gasteiger partial charge in [0.05, 0.1) is 0 Å². The van der Waals surface area contributed by atoms with E-state index < -0.39 is 0 Å². The predicted octanol–water partition coefficient (Wildman–Crippen LogP) is 2.99. The third-order valence-electron chi connectivity index (χ3n) is 1.64. The zero-order chi connectivity index (χ0) is 10.4. The Morgan fingerprint density at radius 2 is 2.29 bits per heavy atom. The minimum atomic E-state index is -0.149. The number of unbranched alkanes of at least 4 members (excludes halogenated alkanes) is 1. The lowest BCUT2D eigenvalue weighted by atomic mass is 10.3. The van der Waals surface area contributed by atoms with Gasteiger partial charge in [-0.05, 0) is 45.3 Å². The van der Waals surface area contributed by atoms with Crippen LogP contribution in [0.1, 0.15) is 23.4 Å². The summed E-state index contributed by atoms with van der Waals surface area (Å²) < 4.78 is 6.81. The fourth-order valence-electron chi connectivity index (χ4n) is 0.945. The monoisotopic (exact) mass is 371 g/mol. The molecule has 5 heteroatoms. The van der Waals surface area contributed by atoms with Crippen LogP contribution in [0.25, 0.3) is 0 Å². The summed E-state index contributed by atoms with van der Waals surface area (Å²) >= 11 is 5.47. The number of nitrogens with one attached hydrogen (secondary N) is 1. The third kappa shape index (κ3) is 4.00. The SMILES string of the molecule is O=C(NCCCCI)c1ccc(Br)o1. The first-order valence-electron chi connectivity index (χ1n) is 4.33. The van der Waals surface area contributed by atoms with Gasteiger partial charge >= 0.3 is 0 Å². The average molecular weight is 372 g/mol. The number of carbonyl (C=O) groups excluding carboxylic acids is 1. The molecule has 1 rings (SSSR count). The molecule has 0 bridgehead atoms. The highest BCUT2D eigenvalue weighted by molar-refractivity contribution is 14.1. The maximum absolute atomic E-state index is 11.4. The summed E-state index contributed by atoms with van der Waals surface area (Å²) in [5.41, 5.74) is 0. The van der Waals surface area contributed by atoms with Crippen LogP contribution < -0.4 is 5.32 Å². The molecule has 1 heterocycles. The molecule has 0 unspecified atom stereocenters. The van der Waals surface area contributed by atoms with Gasteiger partial charge in [0, 0.05) is 6.54 Å². The fourth-order valence-corrected chi connectivity index (χ4v) is 1.79. The molecule has 0 aliphatic carbocycles. The summed E-state index contributed by atoms with van der Waals surface area (Å²) in [6, 6.07) is 3.36. The minimum absolute atomic E-state index is 0.149. The van der Waals surface area contributed by atoms with Crippen molar-refractivity contribution in [2.45, 2.75) is 12.8 Å². The van der Waals surface area contributed by atoms with E-state index in [0.29, 0.717) is 17.0 Å². The standard InChI is InChI=1S/C9H11BrINO2/c10-8-4-3-7(14-8)9(13)12-6-2-1-5-11/h3-4H,1-2,5-6H2,(H,12,13). The number of rotatable bonds is 5. The Morgan fingerprint density at radius 1 is 1.50 bits per heavy atom. The van der Waals surface area contributed by atoms with Gasteiger partial charge in [-0.1, -0.05) is 22.6 Å². The van der Waals surface area contributed by atoms with Crippen molar-refractivity contribution in [2.75, 3.05) is 11.0 Å². The maximum Gasteiger partial charge on any atom is 0.287 e. The molecule has 1 aromatic rings. The second kappa shape index (κ2) is 6.44. The largest absolute Gasteiger partial charge is 0.444 e. The molecular formula is C9H11BrINO2. The molecule has 0 aliphatic heterocycles. The molecule has 1 amide bonds. The van der Waals surface area contributed by atoms with Crippen molar-refractivity contribution in [3.05, 3.63) is 22.6 Å². The summed E-state index contributed by atoms with van der Waals surface area (Å²) in [7, 11) is 0. The number of furan rings is 1. The van der Waals surface area contributed by atoms with Crippen LogP contribution in [0.4, 0.5) is 0 Å². The molecule has 0 radical (unpaired) electrons. The first-order chi connectivity index (χ1) is 6.74. The lowest BCUT2D eigenvalue weighted by molar-refractivity contribution is 0.0924. The molecule has 78 valence electrons. The van der Waals surface area contributed by atoms with Crippen LogP contribution in [0.15, 0.2) is 21.2 Å². The van der Waals surface area contributed by atoms with Crippen LogP contribution >= 0.6 is 38.5 Å². The summed E-state index contributed by atoms with van der Waals surface area (Å²) in [5, 5.41) is 2.79. The van der Waals surface area contributed by atoms with Crippen LogP contribution in [0, 0.1) is 0 Å². The Kier molecular flexibility index (Phi) is 5.54. The molecule has 0 spiro atoms. The van der Waals surface area contributed by atoms with Crippen molar-refractivity contribution in [3.8, 4) is 0 Å². The van der Waals surface area contributed by atoms with Crippen LogP contribution in [0.2, 0.25) is 0 Å². The second-order valence-electron chi connectivity index (χ2n) is 2.76. The third-order valence-corrected chi connectivity index (χ3v) is 2.83. The molecule has 0 atom stereocenters. The van der Waals surface area contributed by atoms with Crippen LogP contribution in [0.5, 0.6) is 0 Å². The van der Waals surface area contributed by atoms with Gasteiger partial charge in [-0.2, -0.15) is 0 Å². The number of amides is 1. The summed E-state index contributed by atoms with van der Waals surface area (Å²) in [6.07, 6.45) is 2.14. The van der Waals surface area contributed by atoms with Gasteiger partial charge in [-0.15, -0.1) is 0 Å². The zero-order valence-electron chi connectivity index (χ0n) is 7.56. The maximum atomic E-state index is 11.4. The zero-order valence-corrected chi connectivity index (χ0v) is 11.3. The summed E-state index contributed by atoms with van der Waals surface area (Å²) in [4.78, 5) is 11.4. The van der Waals surface area contributed by atoms with E-state index >= 15 is 0 Å². The molecule has 0 saturated carbocycles. The van der Waals surface area contributed by atoms with Crippen LogP contribution in [-0.2, 0) is 0 Å². The van der Waals surface area contributed by atoms with E-state index in [1.54, 1.807) is 12.1 Å². The average Bonchev–Trinajstić information content (AvgIpc) is 2.59. The Labute approximate surface area is 105 Å². The Morgan fingerprint density at radius 3 is 2.86 bits per heavy atom. The van der Waals surface area contributed by atoms with E-state index in [1.807, 2.05) is 0 Å². The van der Waals surface area contributed by atoms with Crippen molar-refractivity contribution in [1.82, 2.24) is 5.32 Å². The molecule has 3 nitrogen and oxygen atoms in total. The highest BCUT2D eigenvalue weighted by Gasteiger charge is 2.08. The lowest BCUT2D eigenvalue weighted by Gasteiger charge is -2.00. The van der Waals surface area contributed by atoms with E-state index in [2.05, 4.69) is 43.8 Å². The molecule has 1 N–H and O–H groups in total. The lowest BCUT2D eigenvalue weighted by Crippen LogP contribution is -2.23. The predicted molar refractivity (Wildman–Crippen MR) is 66.9 cm³/mol. The number of hydrogen-bond donors (Lipinski definition) is 1. The minimum Gasteiger partial charge on any atom is -0.444 e. The second-order valence-corrected chi connectivity index (χ2v) is 4.62. The van der Waals surface area contributed by atoms with E-state index in [9.17, 15) is 4.79 Å². The molecule has 0 aliphatic rings. The number of carbonyl (C=O) groups is 1. The van der Waals surface area contributed by atoms with E-state index in [0.717, 1.165) is 17.3 Å². The van der Waals surface area contributed by atoms with Crippen LogP contribution in [0.3, 0.4) is 0 Å². The Bertz CT molecular complexity index is 301. The van der Waals surface area contributed by atoms with Crippen molar-refractivity contribution >= 4 is 44.4 Å². The van der Waals surface area contributed by atoms with Crippen molar-refractivity contribution in [3.63, 3.8) is 0 Å². The highest BCUT2D eigenvalue weighted by atomic mass is 127. The molecular weight excluding hydrogens is 361 g/mol. The van der Waals surface area contributed by atoms with Gasteiger partial charge in [0.1, 0.15) is 0 Å². The van der Waals surface area contributed by atoms with Crippen molar-refractivity contribution in [2.24, 2.45) is 0 Å². The van der Waals surface area contributed by atoms with Gasteiger partial charge in [0.25, 0.3) is 5.91 Å². The van der Waals surface area contributed by atoms with Gasteiger partial charge < -0.3 is 9.73 Å². The van der Waals surface area contributed by atoms with E-state index in [1.165, 1.54) is 0 Å². The molecule has 0 fully saturated rings. The van der Waals surface area contributed by atoms with Crippen molar-refractivity contribution < 1.29 is 9.21 Å². The fraction of sp³-hybridized carbons (Fsp3) is 0.444. The molecule has 14 heavy (non-hydrogen) atoms. The van der Waals surface area contributed by atoms with E-state index in [4.69, 9.17) is 4.42 Å². The Balaban J connectivity index is 2.29. The summed E-state index contributed by atoms with van der Waals surface area (Å²) in [6.45, 7) is 0.708. The van der Waals surface area contributed by atoms with Gasteiger partial charge in [-0.25, -0.2) is 0 Å². The van der Waals surface area contributed by atoms with Gasteiger partial charge in [-0.3, -0.25) is 4.79 Å². The molecule has 1 aromatic heterocycles. The van der Waals surface area contributed by atoms with Gasteiger partial charge in [0.2, 0.25) is 0 Å². The summed E-state index contributed by atoms with van der Waals surface area (Å²) in [5.74, 6) is 0.204. The molecule has 0 saturated heterocycles. The highest BCUT2D eigenvalue weighted by Crippen LogP contribution is 2.13. The number of hydrogen-bond acceptors (Lipinski definition) is 2. The smallest absolute Gasteiger partial charge is 0.287 e.